The van der Waals surface area contributed by atoms with Crippen LogP contribution in [0.2, 0.25) is 0 Å². The third kappa shape index (κ3) is 2.47. The number of piperidine rings is 1. The highest BCUT2D eigenvalue weighted by atomic mass is 16.5. The molecule has 0 atom stereocenters. The molecule has 0 N–H and O–H groups in total. The quantitative estimate of drug-likeness (QED) is 0.824. The first-order valence-electron chi connectivity index (χ1n) is 7.26. The van der Waals surface area contributed by atoms with Gasteiger partial charge in [-0.3, -0.25) is 4.90 Å². The van der Waals surface area contributed by atoms with Crippen LogP contribution >= 0.6 is 0 Å². The van der Waals surface area contributed by atoms with Gasteiger partial charge < -0.3 is 4.74 Å². The van der Waals surface area contributed by atoms with E-state index in [4.69, 9.17) is 4.74 Å². The number of hydrogen-bond donors (Lipinski definition) is 0. The van der Waals surface area contributed by atoms with Gasteiger partial charge in [-0.1, -0.05) is 36.9 Å². The van der Waals surface area contributed by atoms with Gasteiger partial charge >= 0.3 is 0 Å². The van der Waals surface area contributed by atoms with E-state index in [1.54, 1.807) is 0 Å². The van der Waals surface area contributed by atoms with Crippen LogP contribution in [0.1, 0.15) is 36.8 Å². The Morgan fingerprint density at radius 1 is 1.21 bits per heavy atom. The standard InChI is InChI=1S/C17H23NO/c1-3-14-4-6-15(7-5-14)16-8-10-18(11-9-16)17(2)12-19-13-17/h3-7,16H,1,8-13H2,2H3. The summed E-state index contributed by atoms with van der Waals surface area (Å²) in [6, 6.07) is 8.89. The lowest BCUT2D eigenvalue weighted by molar-refractivity contribution is -0.136. The van der Waals surface area contributed by atoms with E-state index in [0.717, 1.165) is 19.1 Å². The molecule has 0 saturated carbocycles. The highest BCUT2D eigenvalue weighted by Crippen LogP contribution is 2.33. The predicted octanol–water partition coefficient (Wildman–Crippen LogP) is 3.30. The summed E-state index contributed by atoms with van der Waals surface area (Å²) < 4.78 is 5.38. The first-order valence-corrected chi connectivity index (χ1v) is 7.26. The van der Waals surface area contributed by atoms with Crippen molar-refractivity contribution in [2.45, 2.75) is 31.2 Å². The summed E-state index contributed by atoms with van der Waals surface area (Å²) in [6.07, 6.45) is 4.44. The Kier molecular flexibility index (Phi) is 3.46. The number of likely N-dealkylation sites (tertiary alicyclic amines) is 1. The highest BCUT2D eigenvalue weighted by Gasteiger charge is 2.40. The SMILES string of the molecule is C=Cc1ccc(C2CCN(C3(C)COC3)CC2)cc1. The van der Waals surface area contributed by atoms with Gasteiger partial charge in [-0.2, -0.15) is 0 Å². The Hall–Kier alpha value is -1.12. The van der Waals surface area contributed by atoms with Gasteiger partial charge in [0.2, 0.25) is 0 Å². The van der Waals surface area contributed by atoms with Crippen molar-refractivity contribution in [3.63, 3.8) is 0 Å². The Balaban J connectivity index is 1.61. The molecule has 0 unspecified atom stereocenters. The summed E-state index contributed by atoms with van der Waals surface area (Å²) in [5.74, 6) is 0.722. The van der Waals surface area contributed by atoms with Gasteiger partial charge in [-0.05, 0) is 49.9 Å². The lowest BCUT2D eigenvalue weighted by Crippen LogP contribution is -2.61. The van der Waals surface area contributed by atoms with E-state index >= 15 is 0 Å². The Labute approximate surface area is 116 Å². The number of ether oxygens (including phenoxy) is 1. The molecule has 1 aromatic rings. The lowest BCUT2D eigenvalue weighted by atomic mass is 9.86. The molecule has 2 heteroatoms. The molecule has 0 amide bonds. The molecule has 0 spiro atoms. The monoisotopic (exact) mass is 257 g/mol. The first-order chi connectivity index (χ1) is 9.21. The fourth-order valence-electron chi connectivity index (χ4n) is 3.24. The minimum Gasteiger partial charge on any atom is -0.377 e. The van der Waals surface area contributed by atoms with E-state index in [0.29, 0.717) is 5.54 Å². The van der Waals surface area contributed by atoms with Crippen molar-refractivity contribution in [1.82, 2.24) is 4.90 Å². The molecule has 19 heavy (non-hydrogen) atoms. The molecule has 3 rings (SSSR count). The molecule has 2 heterocycles. The smallest absolute Gasteiger partial charge is 0.0671 e. The minimum absolute atomic E-state index is 0.317. The summed E-state index contributed by atoms with van der Waals surface area (Å²) in [4.78, 5) is 2.62. The van der Waals surface area contributed by atoms with Crippen LogP contribution in [0.5, 0.6) is 0 Å². The van der Waals surface area contributed by atoms with E-state index in [2.05, 4.69) is 42.7 Å². The van der Waals surface area contributed by atoms with E-state index in [1.807, 2.05) is 6.08 Å². The molecule has 2 fully saturated rings. The summed E-state index contributed by atoms with van der Waals surface area (Å²) in [7, 11) is 0. The minimum atomic E-state index is 0.317. The molecule has 0 aromatic heterocycles. The van der Waals surface area contributed by atoms with Gasteiger partial charge in [-0.25, -0.2) is 0 Å². The third-order valence-electron chi connectivity index (χ3n) is 4.73. The van der Waals surface area contributed by atoms with Crippen LogP contribution in [-0.4, -0.2) is 36.7 Å². The van der Waals surface area contributed by atoms with Gasteiger partial charge in [0, 0.05) is 0 Å². The topological polar surface area (TPSA) is 12.5 Å². The van der Waals surface area contributed by atoms with Crippen LogP contribution in [-0.2, 0) is 4.74 Å². The maximum Gasteiger partial charge on any atom is 0.0671 e. The van der Waals surface area contributed by atoms with Crippen LogP contribution in [0.3, 0.4) is 0 Å². The average molecular weight is 257 g/mol. The molecule has 2 saturated heterocycles. The molecular weight excluding hydrogens is 234 g/mol. The molecule has 0 bridgehead atoms. The van der Waals surface area contributed by atoms with Crippen LogP contribution in [0.4, 0.5) is 0 Å². The van der Waals surface area contributed by atoms with Crippen molar-refractivity contribution < 1.29 is 4.74 Å². The van der Waals surface area contributed by atoms with Crippen molar-refractivity contribution >= 4 is 6.08 Å². The van der Waals surface area contributed by atoms with Crippen molar-refractivity contribution in [1.29, 1.82) is 0 Å². The zero-order valence-corrected chi connectivity index (χ0v) is 11.8. The Bertz CT molecular complexity index is 439. The van der Waals surface area contributed by atoms with Gasteiger partial charge in [0.05, 0.1) is 18.8 Å². The molecule has 2 aliphatic heterocycles. The maximum atomic E-state index is 5.38. The summed E-state index contributed by atoms with van der Waals surface area (Å²) in [5.41, 5.74) is 3.01. The van der Waals surface area contributed by atoms with Crippen LogP contribution in [0.25, 0.3) is 6.08 Å². The van der Waals surface area contributed by atoms with Crippen LogP contribution in [0.15, 0.2) is 30.8 Å². The van der Waals surface area contributed by atoms with Crippen molar-refractivity contribution in [3.8, 4) is 0 Å². The van der Waals surface area contributed by atoms with Crippen LogP contribution < -0.4 is 0 Å². The number of hydrogen-bond acceptors (Lipinski definition) is 2. The average Bonchev–Trinajstić information content (AvgIpc) is 2.45. The second-order valence-corrected chi connectivity index (χ2v) is 6.12. The molecule has 2 aliphatic rings. The molecule has 0 aliphatic carbocycles. The lowest BCUT2D eigenvalue weighted by Gasteiger charge is -2.49. The maximum absolute atomic E-state index is 5.38. The zero-order chi connectivity index (χ0) is 13.3. The number of nitrogens with zero attached hydrogens (tertiary/aromatic N) is 1. The molecule has 1 aromatic carbocycles. The summed E-state index contributed by atoms with van der Waals surface area (Å²) >= 11 is 0. The van der Waals surface area contributed by atoms with Crippen molar-refractivity contribution in [2.24, 2.45) is 0 Å². The number of benzene rings is 1. The van der Waals surface area contributed by atoms with Gasteiger partial charge in [-0.15, -0.1) is 0 Å². The van der Waals surface area contributed by atoms with E-state index < -0.39 is 0 Å². The fraction of sp³-hybridized carbons (Fsp3) is 0.529. The normalized spacial score (nSPS) is 23.8. The predicted molar refractivity (Wildman–Crippen MR) is 79.3 cm³/mol. The number of rotatable bonds is 3. The van der Waals surface area contributed by atoms with Gasteiger partial charge in [0.1, 0.15) is 0 Å². The van der Waals surface area contributed by atoms with Gasteiger partial charge in [0.15, 0.2) is 0 Å². The molecule has 102 valence electrons. The largest absolute Gasteiger partial charge is 0.377 e. The van der Waals surface area contributed by atoms with E-state index in [1.165, 1.54) is 37.1 Å². The molecule has 2 nitrogen and oxygen atoms in total. The second-order valence-electron chi connectivity index (χ2n) is 6.12. The van der Waals surface area contributed by atoms with Crippen molar-refractivity contribution in [3.05, 3.63) is 42.0 Å². The van der Waals surface area contributed by atoms with E-state index in [-0.39, 0.29) is 0 Å². The molecular formula is C17H23NO. The Morgan fingerprint density at radius 2 is 1.84 bits per heavy atom. The third-order valence-corrected chi connectivity index (χ3v) is 4.73. The summed E-state index contributed by atoms with van der Waals surface area (Å²) in [5, 5.41) is 0. The van der Waals surface area contributed by atoms with Crippen LogP contribution in [0, 0.1) is 0 Å². The van der Waals surface area contributed by atoms with E-state index in [9.17, 15) is 0 Å². The van der Waals surface area contributed by atoms with Crippen molar-refractivity contribution in [2.75, 3.05) is 26.3 Å². The Morgan fingerprint density at radius 3 is 2.32 bits per heavy atom. The second kappa shape index (κ2) is 5.10. The highest BCUT2D eigenvalue weighted by molar-refractivity contribution is 5.47. The summed E-state index contributed by atoms with van der Waals surface area (Å²) in [6.45, 7) is 10.4. The van der Waals surface area contributed by atoms with Gasteiger partial charge in [0.25, 0.3) is 0 Å². The fourth-order valence-corrected chi connectivity index (χ4v) is 3.24. The molecule has 0 radical (unpaired) electrons. The first kappa shape index (κ1) is 12.9. The zero-order valence-electron chi connectivity index (χ0n) is 11.8.